The molecule has 5 aromatic rings. The van der Waals surface area contributed by atoms with Crippen LogP contribution in [-0.4, -0.2) is 15.1 Å². The third kappa shape index (κ3) is 3.88. The highest BCUT2D eigenvalue weighted by Gasteiger charge is 2.20. The first-order valence-corrected chi connectivity index (χ1v) is 13.1. The minimum absolute atomic E-state index is 0.0932. The highest BCUT2D eigenvalue weighted by molar-refractivity contribution is 7.15. The van der Waals surface area contributed by atoms with Crippen LogP contribution in [0.4, 0.5) is 0 Å². The van der Waals surface area contributed by atoms with Crippen molar-refractivity contribution in [1.29, 1.82) is 0 Å². The Morgan fingerprint density at radius 2 is 1.60 bits per heavy atom. The number of nitrogens with zero attached hydrogens (tertiary/aromatic N) is 2. The minimum atomic E-state index is -0.0932. The molecule has 2 aromatic heterocycles. The van der Waals surface area contributed by atoms with Crippen LogP contribution >= 0.6 is 22.9 Å². The van der Waals surface area contributed by atoms with E-state index in [4.69, 9.17) is 26.0 Å². The van der Waals surface area contributed by atoms with Crippen molar-refractivity contribution in [2.75, 3.05) is 0 Å². The molecule has 0 fully saturated rings. The van der Waals surface area contributed by atoms with Gasteiger partial charge in [0.25, 0.3) is 0 Å². The van der Waals surface area contributed by atoms with E-state index in [1.54, 1.807) is 6.07 Å². The predicted molar refractivity (Wildman–Crippen MR) is 143 cm³/mol. The van der Waals surface area contributed by atoms with Crippen LogP contribution in [0.5, 0.6) is 0 Å². The number of thiazole rings is 1. The Bertz CT molecular complexity index is 1560. The molecule has 35 heavy (non-hydrogen) atoms. The lowest BCUT2D eigenvalue weighted by Gasteiger charge is -2.14. The minimum Gasteiger partial charge on any atom is -0.434 e. The lowest BCUT2D eigenvalue weighted by atomic mass is 9.91. The zero-order valence-corrected chi connectivity index (χ0v) is 21.3. The monoisotopic (exact) mass is 500 g/mol. The number of aryl methyl sites for hydroxylation is 2. The van der Waals surface area contributed by atoms with E-state index in [1.807, 2.05) is 29.5 Å². The van der Waals surface area contributed by atoms with Gasteiger partial charge in [0.1, 0.15) is 10.5 Å². The van der Waals surface area contributed by atoms with E-state index in [-0.39, 0.29) is 6.61 Å². The van der Waals surface area contributed by atoms with Crippen molar-refractivity contribution in [3.63, 3.8) is 0 Å². The molecule has 0 saturated carbocycles. The Balaban J connectivity index is 1.45. The maximum Gasteiger partial charge on any atom is 0.227 e. The van der Waals surface area contributed by atoms with Crippen LogP contribution in [0.3, 0.4) is 0 Å². The van der Waals surface area contributed by atoms with Crippen LogP contribution in [0.25, 0.3) is 44.3 Å². The summed E-state index contributed by atoms with van der Waals surface area (Å²) in [6.07, 6.45) is 4.76. The van der Waals surface area contributed by atoms with Gasteiger partial charge in [0.15, 0.2) is 5.58 Å². The van der Waals surface area contributed by atoms with Gasteiger partial charge >= 0.3 is 0 Å². The highest BCUT2D eigenvalue weighted by atomic mass is 35.5. The summed E-state index contributed by atoms with van der Waals surface area (Å²) in [5.41, 5.74) is 9.97. The van der Waals surface area contributed by atoms with Gasteiger partial charge in [-0.2, -0.15) is 0 Å². The van der Waals surface area contributed by atoms with Gasteiger partial charge in [-0.05, 0) is 85.5 Å². The summed E-state index contributed by atoms with van der Waals surface area (Å²) in [6, 6.07) is 16.2. The predicted octanol–water partition coefficient (Wildman–Crippen LogP) is 7.93. The van der Waals surface area contributed by atoms with Gasteiger partial charge in [-0.3, -0.25) is 0 Å². The van der Waals surface area contributed by atoms with Crippen molar-refractivity contribution >= 4 is 34.0 Å². The highest BCUT2D eigenvalue weighted by Crippen LogP contribution is 2.40. The molecule has 0 bridgehead atoms. The second kappa shape index (κ2) is 8.90. The number of hydrogen-bond donors (Lipinski definition) is 1. The Morgan fingerprint density at radius 1 is 0.914 bits per heavy atom. The number of hydrogen-bond acceptors (Lipinski definition) is 5. The van der Waals surface area contributed by atoms with Crippen molar-refractivity contribution < 1.29 is 9.52 Å². The van der Waals surface area contributed by atoms with Gasteiger partial charge < -0.3 is 9.52 Å². The number of fused-ring (bicyclic) bond motifs is 2. The summed E-state index contributed by atoms with van der Waals surface area (Å²) in [5.74, 6) is 0.526. The van der Waals surface area contributed by atoms with Crippen molar-refractivity contribution in [3.05, 3.63) is 80.8 Å². The smallest absolute Gasteiger partial charge is 0.227 e. The van der Waals surface area contributed by atoms with Crippen molar-refractivity contribution in [3.8, 4) is 33.2 Å². The van der Waals surface area contributed by atoms with E-state index in [2.05, 4.69) is 38.1 Å². The Kier molecular flexibility index (Phi) is 5.72. The standard InChI is InChI=1S/C29H25ClN2O2S/c1-16-19(7-5-9-21(16)28-31-25-14-18(15-33)13-23(30)27(25)34-28)20-8-6-10-22(17(20)2)29-32-24-11-3-4-12-26(24)35-29/h5-10,13-14,33H,3-4,11-12,15H2,1-2H3. The first-order valence-electron chi connectivity index (χ1n) is 11.9. The zero-order valence-electron chi connectivity index (χ0n) is 19.7. The molecular formula is C29H25ClN2O2S. The molecule has 1 aliphatic carbocycles. The molecule has 176 valence electrons. The second-order valence-corrected chi connectivity index (χ2v) is 10.6. The maximum absolute atomic E-state index is 9.51. The first kappa shape index (κ1) is 22.5. The first-order chi connectivity index (χ1) is 17.0. The number of aromatic nitrogens is 2. The number of aliphatic hydroxyl groups excluding tert-OH is 1. The normalized spacial score (nSPS) is 13.4. The third-order valence-corrected chi connectivity index (χ3v) is 8.42. The van der Waals surface area contributed by atoms with Crippen LogP contribution in [0.15, 0.2) is 52.9 Å². The van der Waals surface area contributed by atoms with E-state index in [0.29, 0.717) is 27.6 Å². The number of rotatable bonds is 4. The molecule has 6 heteroatoms. The lowest BCUT2D eigenvalue weighted by molar-refractivity contribution is 0.282. The molecule has 0 unspecified atom stereocenters. The molecule has 0 saturated heterocycles. The van der Waals surface area contributed by atoms with Crippen LogP contribution in [0.2, 0.25) is 5.02 Å². The Morgan fingerprint density at radius 3 is 2.34 bits per heavy atom. The van der Waals surface area contributed by atoms with Crippen molar-refractivity contribution in [2.45, 2.75) is 46.1 Å². The molecule has 3 aromatic carbocycles. The average Bonchev–Trinajstić information content (AvgIpc) is 3.49. The summed E-state index contributed by atoms with van der Waals surface area (Å²) in [6.45, 7) is 4.20. The van der Waals surface area contributed by atoms with E-state index in [9.17, 15) is 5.11 Å². The van der Waals surface area contributed by atoms with Crippen LogP contribution in [0.1, 0.15) is 40.1 Å². The molecule has 0 spiro atoms. The molecule has 1 N–H and O–H groups in total. The Labute approximate surface area is 213 Å². The Hall–Kier alpha value is -2.99. The molecule has 0 radical (unpaired) electrons. The fourth-order valence-corrected chi connectivity index (χ4v) is 6.55. The summed E-state index contributed by atoms with van der Waals surface area (Å²) in [4.78, 5) is 11.2. The van der Waals surface area contributed by atoms with Gasteiger partial charge in [-0.25, -0.2) is 9.97 Å². The molecule has 6 rings (SSSR count). The second-order valence-electron chi connectivity index (χ2n) is 9.16. The lowest BCUT2D eigenvalue weighted by Crippen LogP contribution is -1.99. The van der Waals surface area contributed by atoms with Gasteiger partial charge in [-0.15, -0.1) is 11.3 Å². The fraction of sp³-hybridized carbons (Fsp3) is 0.241. The van der Waals surface area contributed by atoms with Crippen molar-refractivity contribution in [1.82, 2.24) is 9.97 Å². The SMILES string of the molecule is Cc1c(-c2nc3cc(CO)cc(Cl)c3o2)cccc1-c1cccc(-c2nc3c(s2)CCCC3)c1C. The summed E-state index contributed by atoms with van der Waals surface area (Å²) in [5, 5.41) is 11.1. The van der Waals surface area contributed by atoms with E-state index in [0.717, 1.165) is 34.5 Å². The zero-order chi connectivity index (χ0) is 24.1. The number of benzene rings is 3. The summed E-state index contributed by atoms with van der Waals surface area (Å²) in [7, 11) is 0. The van der Waals surface area contributed by atoms with Gasteiger partial charge in [-0.1, -0.05) is 41.9 Å². The number of aliphatic hydroxyl groups is 1. The summed E-state index contributed by atoms with van der Waals surface area (Å²) >= 11 is 8.24. The number of oxazole rings is 1. The molecule has 0 aliphatic heterocycles. The summed E-state index contributed by atoms with van der Waals surface area (Å²) < 4.78 is 6.09. The van der Waals surface area contributed by atoms with Gasteiger partial charge in [0.2, 0.25) is 5.89 Å². The van der Waals surface area contributed by atoms with Gasteiger partial charge in [0, 0.05) is 16.0 Å². The topological polar surface area (TPSA) is 59.2 Å². The number of halogens is 1. The fourth-order valence-electron chi connectivity index (χ4n) is 5.04. The largest absolute Gasteiger partial charge is 0.434 e. The molecule has 1 aliphatic rings. The molecular weight excluding hydrogens is 476 g/mol. The van der Waals surface area contributed by atoms with E-state index in [1.165, 1.54) is 40.1 Å². The van der Waals surface area contributed by atoms with Gasteiger partial charge in [0.05, 0.1) is 17.3 Å². The molecule has 4 nitrogen and oxygen atoms in total. The van der Waals surface area contributed by atoms with Crippen LogP contribution in [-0.2, 0) is 19.4 Å². The van der Waals surface area contributed by atoms with E-state index < -0.39 is 0 Å². The quantitative estimate of drug-likeness (QED) is 0.272. The van der Waals surface area contributed by atoms with Crippen LogP contribution in [0, 0.1) is 13.8 Å². The molecule has 0 atom stereocenters. The van der Waals surface area contributed by atoms with Crippen LogP contribution < -0.4 is 0 Å². The maximum atomic E-state index is 9.51. The third-order valence-electron chi connectivity index (χ3n) is 6.95. The average molecular weight is 501 g/mol. The molecule has 0 amide bonds. The molecule has 2 heterocycles. The van der Waals surface area contributed by atoms with E-state index >= 15 is 0 Å². The van der Waals surface area contributed by atoms with Crippen molar-refractivity contribution in [2.24, 2.45) is 0 Å².